The van der Waals surface area contributed by atoms with Crippen LogP contribution in [0.5, 0.6) is 0 Å². The van der Waals surface area contributed by atoms with Gasteiger partial charge in [0.05, 0.1) is 0 Å². The molecular formula is C27H19FN4O2. The Morgan fingerprint density at radius 2 is 1.50 bits per heavy atom. The molecule has 0 atom stereocenters. The monoisotopic (exact) mass is 450 g/mol. The number of nitrogens with zero attached hydrogens (tertiary/aromatic N) is 1. The van der Waals surface area contributed by atoms with Gasteiger partial charge in [-0.05, 0) is 78.4 Å². The van der Waals surface area contributed by atoms with Gasteiger partial charge in [0.2, 0.25) is 0 Å². The molecule has 0 aliphatic carbocycles. The second-order valence-electron chi connectivity index (χ2n) is 7.69. The van der Waals surface area contributed by atoms with Gasteiger partial charge in [-0.15, -0.1) is 0 Å². The highest BCUT2D eigenvalue weighted by Gasteiger charge is 2.10. The number of aromatic amines is 1. The summed E-state index contributed by atoms with van der Waals surface area (Å²) in [6, 6.07) is 25.6. The lowest BCUT2D eigenvalue weighted by Gasteiger charge is -2.05. The molecule has 0 radical (unpaired) electrons. The summed E-state index contributed by atoms with van der Waals surface area (Å²) in [7, 11) is 0. The summed E-state index contributed by atoms with van der Waals surface area (Å²) in [5.74, 6) is -0.964. The van der Waals surface area contributed by atoms with Gasteiger partial charge >= 0.3 is 0 Å². The number of carbonyl (C=O) groups is 2. The van der Waals surface area contributed by atoms with Crippen molar-refractivity contribution < 1.29 is 14.0 Å². The van der Waals surface area contributed by atoms with Gasteiger partial charge in [-0.2, -0.15) is 0 Å². The first-order valence-corrected chi connectivity index (χ1v) is 10.6. The minimum Gasteiger partial charge on any atom is -0.355 e. The van der Waals surface area contributed by atoms with E-state index in [2.05, 4.69) is 20.6 Å². The van der Waals surface area contributed by atoms with Crippen LogP contribution in [0.25, 0.3) is 22.2 Å². The molecule has 0 saturated carbocycles. The summed E-state index contributed by atoms with van der Waals surface area (Å²) in [6.07, 6.45) is 1.58. The van der Waals surface area contributed by atoms with Crippen molar-refractivity contribution in [2.45, 2.75) is 0 Å². The Morgan fingerprint density at radius 1 is 0.765 bits per heavy atom. The highest BCUT2D eigenvalue weighted by molar-refractivity contribution is 6.05. The molecule has 0 saturated heterocycles. The molecule has 0 unspecified atom stereocenters. The molecule has 34 heavy (non-hydrogen) atoms. The molecule has 2 amide bonds. The van der Waals surface area contributed by atoms with E-state index in [9.17, 15) is 14.0 Å². The molecule has 2 aromatic heterocycles. The molecule has 0 bridgehead atoms. The van der Waals surface area contributed by atoms with Gasteiger partial charge in [0.1, 0.15) is 11.5 Å². The number of anilines is 2. The van der Waals surface area contributed by atoms with E-state index in [1.54, 1.807) is 30.5 Å². The minimum atomic E-state index is -0.388. The lowest BCUT2D eigenvalue weighted by atomic mass is 10.1. The van der Waals surface area contributed by atoms with Crippen molar-refractivity contribution in [1.82, 2.24) is 9.97 Å². The van der Waals surface area contributed by atoms with Crippen LogP contribution in [-0.4, -0.2) is 21.8 Å². The quantitative estimate of drug-likeness (QED) is 0.313. The number of nitrogens with one attached hydrogen (secondary N) is 3. The van der Waals surface area contributed by atoms with Crippen molar-refractivity contribution in [3.63, 3.8) is 0 Å². The molecule has 6 nitrogen and oxygen atoms in total. The van der Waals surface area contributed by atoms with Crippen molar-refractivity contribution in [3.8, 4) is 11.3 Å². The molecule has 5 rings (SSSR count). The first kappa shape index (κ1) is 21.1. The number of halogens is 1. The minimum absolute atomic E-state index is 0.269. The largest absolute Gasteiger partial charge is 0.355 e. The van der Waals surface area contributed by atoms with Gasteiger partial charge < -0.3 is 15.6 Å². The fourth-order valence-electron chi connectivity index (χ4n) is 3.60. The van der Waals surface area contributed by atoms with E-state index in [0.717, 1.165) is 22.2 Å². The molecular weight excluding hydrogens is 431 g/mol. The molecule has 3 N–H and O–H groups in total. The first-order valence-electron chi connectivity index (χ1n) is 10.6. The number of pyridine rings is 1. The van der Waals surface area contributed by atoms with Gasteiger partial charge in [0, 0.05) is 39.7 Å². The summed E-state index contributed by atoms with van der Waals surface area (Å²) in [4.78, 5) is 32.1. The summed E-state index contributed by atoms with van der Waals surface area (Å²) in [5.41, 5.74) is 4.81. The third-order valence-corrected chi connectivity index (χ3v) is 5.34. The summed E-state index contributed by atoms with van der Waals surface area (Å²) < 4.78 is 13.1. The number of hydrogen-bond acceptors (Lipinski definition) is 3. The van der Waals surface area contributed by atoms with Crippen molar-refractivity contribution in [1.29, 1.82) is 0 Å². The lowest BCUT2D eigenvalue weighted by Crippen LogP contribution is -2.13. The van der Waals surface area contributed by atoms with Gasteiger partial charge in [-0.3, -0.25) is 14.6 Å². The van der Waals surface area contributed by atoms with Gasteiger partial charge in [-0.25, -0.2) is 4.39 Å². The van der Waals surface area contributed by atoms with E-state index in [0.29, 0.717) is 22.6 Å². The van der Waals surface area contributed by atoms with Crippen LogP contribution in [0, 0.1) is 5.82 Å². The fraction of sp³-hybridized carbons (Fsp3) is 0. The second kappa shape index (κ2) is 8.99. The van der Waals surface area contributed by atoms with Crippen molar-refractivity contribution >= 4 is 34.1 Å². The third kappa shape index (κ3) is 4.54. The van der Waals surface area contributed by atoms with Crippen molar-refractivity contribution in [2.24, 2.45) is 0 Å². The van der Waals surface area contributed by atoms with Crippen LogP contribution in [0.4, 0.5) is 15.8 Å². The van der Waals surface area contributed by atoms with E-state index in [1.807, 2.05) is 42.5 Å². The summed E-state index contributed by atoms with van der Waals surface area (Å²) in [6.45, 7) is 0. The molecule has 3 aromatic carbocycles. The smallest absolute Gasteiger partial charge is 0.274 e. The Bertz CT molecular complexity index is 1480. The maximum atomic E-state index is 13.1. The van der Waals surface area contributed by atoms with E-state index in [-0.39, 0.29) is 17.6 Å². The van der Waals surface area contributed by atoms with Crippen LogP contribution in [0.2, 0.25) is 0 Å². The average molecular weight is 450 g/mol. The Hall–Kier alpha value is -4.78. The second-order valence-corrected chi connectivity index (χ2v) is 7.69. The molecule has 0 aliphatic rings. The average Bonchev–Trinajstić information content (AvgIpc) is 3.29. The summed E-state index contributed by atoms with van der Waals surface area (Å²) >= 11 is 0. The van der Waals surface area contributed by atoms with Gasteiger partial charge in [0.15, 0.2) is 0 Å². The number of H-pyrrole nitrogens is 1. The van der Waals surface area contributed by atoms with Crippen molar-refractivity contribution in [3.05, 3.63) is 114 Å². The number of hydrogen-bond donors (Lipinski definition) is 3. The molecule has 2 heterocycles. The predicted octanol–water partition coefficient (Wildman–Crippen LogP) is 5.87. The van der Waals surface area contributed by atoms with Crippen LogP contribution in [0.1, 0.15) is 20.8 Å². The van der Waals surface area contributed by atoms with Crippen LogP contribution >= 0.6 is 0 Å². The molecule has 7 heteroatoms. The predicted molar refractivity (Wildman–Crippen MR) is 130 cm³/mol. The number of carbonyl (C=O) groups excluding carboxylic acids is 2. The molecule has 0 spiro atoms. The Morgan fingerprint density at radius 3 is 2.24 bits per heavy atom. The fourth-order valence-corrected chi connectivity index (χ4v) is 3.60. The van der Waals surface area contributed by atoms with E-state index >= 15 is 0 Å². The highest BCUT2D eigenvalue weighted by atomic mass is 19.1. The maximum absolute atomic E-state index is 13.1. The van der Waals surface area contributed by atoms with E-state index in [4.69, 9.17) is 0 Å². The molecule has 0 aliphatic heterocycles. The van der Waals surface area contributed by atoms with Crippen LogP contribution in [0.15, 0.2) is 97.2 Å². The SMILES string of the molecule is O=C(Nc1ccc2[nH]c(-c3ccc(NC(=O)c4ccccn4)cc3)cc2c1)c1ccc(F)cc1. The number of amides is 2. The lowest BCUT2D eigenvalue weighted by molar-refractivity contribution is 0.101. The Kier molecular flexibility index (Phi) is 5.58. The van der Waals surface area contributed by atoms with E-state index in [1.165, 1.54) is 24.3 Å². The van der Waals surface area contributed by atoms with Gasteiger partial charge in [-0.1, -0.05) is 18.2 Å². The number of rotatable bonds is 5. The number of fused-ring (bicyclic) bond motifs is 1. The molecule has 0 fully saturated rings. The number of aromatic nitrogens is 2. The van der Waals surface area contributed by atoms with Crippen LogP contribution in [-0.2, 0) is 0 Å². The normalized spacial score (nSPS) is 10.7. The first-order chi connectivity index (χ1) is 16.5. The van der Waals surface area contributed by atoms with E-state index < -0.39 is 0 Å². The van der Waals surface area contributed by atoms with Crippen molar-refractivity contribution in [2.75, 3.05) is 10.6 Å². The Labute approximate surface area is 194 Å². The molecule has 166 valence electrons. The van der Waals surface area contributed by atoms with Crippen LogP contribution in [0.3, 0.4) is 0 Å². The Balaban J connectivity index is 1.31. The standard InChI is InChI=1S/C27H19FN4O2/c28-20-8-4-18(5-9-20)26(33)31-22-12-13-23-19(15-22)16-25(32-23)17-6-10-21(11-7-17)30-27(34)24-3-1-2-14-29-24/h1-16,32H,(H,30,34)(H,31,33). The molecule has 5 aromatic rings. The number of benzene rings is 3. The van der Waals surface area contributed by atoms with Crippen LogP contribution < -0.4 is 10.6 Å². The highest BCUT2D eigenvalue weighted by Crippen LogP contribution is 2.27. The topological polar surface area (TPSA) is 86.9 Å². The zero-order chi connectivity index (χ0) is 23.5. The summed E-state index contributed by atoms with van der Waals surface area (Å²) in [5, 5.41) is 6.60. The third-order valence-electron chi connectivity index (χ3n) is 5.34. The zero-order valence-electron chi connectivity index (χ0n) is 17.9. The zero-order valence-corrected chi connectivity index (χ0v) is 17.9. The van der Waals surface area contributed by atoms with Gasteiger partial charge in [0.25, 0.3) is 11.8 Å². The maximum Gasteiger partial charge on any atom is 0.274 e.